The Labute approximate surface area is 269 Å². The second kappa shape index (κ2) is 13.4. The number of morpholine rings is 1. The zero-order valence-electron chi connectivity index (χ0n) is 24.9. The highest BCUT2D eigenvalue weighted by Crippen LogP contribution is 2.35. The third-order valence-corrected chi connectivity index (χ3v) is 7.26. The van der Waals surface area contributed by atoms with Gasteiger partial charge in [-0.15, -0.1) is 0 Å². The van der Waals surface area contributed by atoms with Gasteiger partial charge in [0.2, 0.25) is 0 Å². The number of fused-ring (bicyclic) bond motifs is 1. The van der Waals surface area contributed by atoms with Gasteiger partial charge in [0.1, 0.15) is 35.5 Å². The van der Waals surface area contributed by atoms with Gasteiger partial charge in [0.15, 0.2) is 11.6 Å². The molecular formula is C32H33Cl2FN4O6. The average molecular weight is 660 g/mol. The highest BCUT2D eigenvalue weighted by molar-refractivity contribution is 6.32. The van der Waals surface area contributed by atoms with Crippen LogP contribution < -0.4 is 20.5 Å². The summed E-state index contributed by atoms with van der Waals surface area (Å²) in [6, 6.07) is 14.5. The minimum absolute atomic E-state index is 0.0465. The summed E-state index contributed by atoms with van der Waals surface area (Å²) in [5, 5.41) is 3.83. The molecule has 4 N–H and O–H groups in total. The fraction of sp³-hybridized carbons (Fsp3) is 0.312. The summed E-state index contributed by atoms with van der Waals surface area (Å²) < 4.78 is 38.2. The predicted molar refractivity (Wildman–Crippen MR) is 170 cm³/mol. The van der Waals surface area contributed by atoms with E-state index < -0.39 is 17.3 Å². The van der Waals surface area contributed by atoms with Gasteiger partial charge in [0.05, 0.1) is 18.2 Å². The molecular weight excluding hydrogens is 626 g/mol. The predicted octanol–water partition coefficient (Wildman–Crippen LogP) is 6.93. The standard InChI is InChI=1S/C32H33Cl2FN4O6/c1-32(2,3)45-31(41)39-8-9-42-24(16-39)17-43-22-5-7-26-19(10-22)11-27(38-26)30(40)37-15-18-4-6-25(34)29(28(18)35)44-23-13-20(33)12-21(36)14-23/h4-7,10-14,24,38H,8-9,15-17,36H2,1-3H3,(H,37,40)/t24-/m1/s1. The Morgan fingerprint density at radius 3 is 2.67 bits per heavy atom. The first kappa shape index (κ1) is 32.2. The topological polar surface area (TPSA) is 128 Å². The molecule has 0 bridgehead atoms. The fourth-order valence-corrected chi connectivity index (χ4v) is 5.08. The zero-order valence-corrected chi connectivity index (χ0v) is 26.4. The van der Waals surface area contributed by atoms with Gasteiger partial charge in [-0.2, -0.15) is 0 Å². The van der Waals surface area contributed by atoms with Crippen molar-refractivity contribution >= 4 is 51.8 Å². The Hall–Kier alpha value is -4.19. The summed E-state index contributed by atoms with van der Waals surface area (Å²) in [6.45, 7) is 6.76. The lowest BCUT2D eigenvalue weighted by Gasteiger charge is -2.34. The minimum Gasteiger partial charge on any atom is -0.491 e. The number of nitrogen functional groups attached to an aromatic ring is 1. The molecule has 0 aliphatic carbocycles. The molecule has 0 spiro atoms. The van der Waals surface area contributed by atoms with Gasteiger partial charge >= 0.3 is 6.09 Å². The van der Waals surface area contributed by atoms with Gasteiger partial charge in [-0.3, -0.25) is 4.79 Å². The number of aromatic amines is 1. The first-order valence-corrected chi connectivity index (χ1v) is 14.9. The van der Waals surface area contributed by atoms with Crippen molar-refractivity contribution in [2.45, 2.75) is 39.0 Å². The van der Waals surface area contributed by atoms with Gasteiger partial charge in [-0.1, -0.05) is 29.3 Å². The smallest absolute Gasteiger partial charge is 0.410 e. The number of nitrogens with one attached hydrogen (secondary N) is 2. The Kier molecular flexibility index (Phi) is 9.62. The van der Waals surface area contributed by atoms with Gasteiger partial charge in [-0.05, 0) is 63.2 Å². The highest BCUT2D eigenvalue weighted by atomic mass is 35.5. The van der Waals surface area contributed by atoms with Crippen LogP contribution in [0.1, 0.15) is 36.8 Å². The Morgan fingerprint density at radius 1 is 1.11 bits per heavy atom. The average Bonchev–Trinajstić information content (AvgIpc) is 3.40. The van der Waals surface area contributed by atoms with Crippen LogP contribution in [-0.2, 0) is 16.0 Å². The van der Waals surface area contributed by atoms with Crippen LogP contribution in [0, 0.1) is 5.82 Å². The molecule has 5 rings (SSSR count). The number of ether oxygens (including phenoxy) is 4. The lowest BCUT2D eigenvalue weighted by atomic mass is 10.2. The molecule has 1 saturated heterocycles. The number of amides is 2. The van der Waals surface area contributed by atoms with Crippen LogP contribution in [0.5, 0.6) is 17.2 Å². The number of rotatable bonds is 8. The Morgan fingerprint density at radius 2 is 1.91 bits per heavy atom. The van der Waals surface area contributed by atoms with E-state index in [0.29, 0.717) is 41.7 Å². The molecule has 13 heteroatoms. The van der Waals surface area contributed by atoms with Crippen LogP contribution in [-0.4, -0.2) is 59.9 Å². The molecule has 3 aromatic carbocycles. The molecule has 1 aromatic heterocycles. The molecule has 2 amide bonds. The summed E-state index contributed by atoms with van der Waals surface area (Å²) in [4.78, 5) is 30.1. The Bertz CT molecular complexity index is 1700. The molecule has 238 valence electrons. The largest absolute Gasteiger partial charge is 0.491 e. The number of aromatic nitrogens is 1. The van der Waals surface area contributed by atoms with Crippen LogP contribution in [0.25, 0.3) is 10.9 Å². The van der Waals surface area contributed by atoms with E-state index in [4.69, 9.17) is 47.9 Å². The van der Waals surface area contributed by atoms with Crippen molar-refractivity contribution in [3.63, 3.8) is 0 Å². The normalized spacial score (nSPS) is 15.2. The molecule has 1 aliphatic heterocycles. The molecule has 0 radical (unpaired) electrons. The number of carbonyl (C=O) groups excluding carboxylic acids is 2. The summed E-state index contributed by atoms with van der Waals surface area (Å²) >= 11 is 12.2. The summed E-state index contributed by atoms with van der Waals surface area (Å²) in [5.41, 5.74) is 6.73. The van der Waals surface area contributed by atoms with Gasteiger partial charge < -0.3 is 39.9 Å². The fourth-order valence-electron chi connectivity index (χ4n) is 4.66. The first-order valence-electron chi connectivity index (χ1n) is 14.2. The SMILES string of the molecule is CC(C)(C)OC(=O)N1CCO[C@@H](COc2ccc3[nH]c(C(=O)NCc4ccc(Cl)c(Oc5cc(N)cc(Cl)c5)c4F)cc3c2)C1. The van der Waals surface area contributed by atoms with E-state index in [2.05, 4.69) is 10.3 Å². The molecule has 2 heterocycles. The maximum atomic E-state index is 15.3. The van der Waals surface area contributed by atoms with Gasteiger partial charge in [-0.25, -0.2) is 9.18 Å². The molecule has 1 atom stereocenters. The van der Waals surface area contributed by atoms with Crippen LogP contribution in [0.4, 0.5) is 14.9 Å². The molecule has 10 nitrogen and oxygen atoms in total. The van der Waals surface area contributed by atoms with Crippen molar-refractivity contribution in [1.29, 1.82) is 0 Å². The Balaban J connectivity index is 1.19. The van der Waals surface area contributed by atoms with E-state index in [-0.39, 0.29) is 53.1 Å². The highest BCUT2D eigenvalue weighted by Gasteiger charge is 2.28. The number of anilines is 1. The summed E-state index contributed by atoms with van der Waals surface area (Å²) in [5.74, 6) is -0.581. The minimum atomic E-state index is -0.726. The van der Waals surface area contributed by atoms with Crippen molar-refractivity contribution in [2.75, 3.05) is 32.0 Å². The van der Waals surface area contributed by atoms with E-state index >= 15 is 4.39 Å². The molecule has 0 saturated carbocycles. The van der Waals surface area contributed by atoms with Crippen LogP contribution in [0.3, 0.4) is 0 Å². The third-order valence-electron chi connectivity index (χ3n) is 6.75. The van der Waals surface area contributed by atoms with Crippen molar-refractivity contribution in [3.05, 3.63) is 81.7 Å². The number of nitrogens with two attached hydrogens (primary N) is 1. The molecule has 45 heavy (non-hydrogen) atoms. The van der Waals surface area contributed by atoms with Crippen molar-refractivity contribution in [1.82, 2.24) is 15.2 Å². The molecule has 4 aromatic rings. The number of nitrogens with zero attached hydrogens (tertiary/aromatic N) is 1. The first-order chi connectivity index (χ1) is 21.3. The number of hydrogen-bond donors (Lipinski definition) is 3. The molecule has 1 fully saturated rings. The summed E-state index contributed by atoms with van der Waals surface area (Å²) in [7, 11) is 0. The van der Waals surface area contributed by atoms with Crippen molar-refractivity contribution in [2.24, 2.45) is 0 Å². The number of halogens is 3. The van der Waals surface area contributed by atoms with Crippen molar-refractivity contribution < 1.29 is 32.9 Å². The van der Waals surface area contributed by atoms with E-state index in [1.807, 2.05) is 20.8 Å². The van der Waals surface area contributed by atoms with E-state index in [9.17, 15) is 9.59 Å². The lowest BCUT2D eigenvalue weighted by Crippen LogP contribution is -2.49. The maximum absolute atomic E-state index is 15.3. The lowest BCUT2D eigenvalue weighted by molar-refractivity contribution is -0.0557. The maximum Gasteiger partial charge on any atom is 0.410 e. The van der Waals surface area contributed by atoms with Crippen LogP contribution in [0.2, 0.25) is 10.0 Å². The monoisotopic (exact) mass is 658 g/mol. The number of H-pyrrole nitrogens is 1. The van der Waals surface area contributed by atoms with Gasteiger partial charge in [0, 0.05) is 46.3 Å². The quantitative estimate of drug-likeness (QED) is 0.175. The second-order valence-electron chi connectivity index (χ2n) is 11.5. The number of hydrogen-bond acceptors (Lipinski definition) is 7. The molecule has 0 unspecified atom stereocenters. The van der Waals surface area contributed by atoms with E-state index in [1.54, 1.807) is 29.2 Å². The summed E-state index contributed by atoms with van der Waals surface area (Å²) in [6.07, 6.45) is -0.705. The third kappa shape index (κ3) is 8.30. The van der Waals surface area contributed by atoms with Crippen molar-refractivity contribution in [3.8, 4) is 17.2 Å². The van der Waals surface area contributed by atoms with Crippen LogP contribution in [0.15, 0.2) is 54.6 Å². The van der Waals surface area contributed by atoms with Gasteiger partial charge in [0.25, 0.3) is 5.91 Å². The van der Waals surface area contributed by atoms with E-state index in [1.165, 1.54) is 30.3 Å². The second-order valence-corrected chi connectivity index (χ2v) is 12.4. The molecule has 1 aliphatic rings. The number of carbonyl (C=O) groups is 2. The van der Waals surface area contributed by atoms with E-state index in [0.717, 1.165) is 5.39 Å². The van der Waals surface area contributed by atoms with Crippen LogP contribution >= 0.6 is 23.2 Å². The number of benzene rings is 3. The zero-order chi connectivity index (χ0) is 32.3.